The van der Waals surface area contributed by atoms with Crippen LogP contribution in [0.25, 0.3) is 0 Å². The molecule has 64 heavy (non-hydrogen) atoms. The number of hydrogen-bond donors (Lipinski definition) is 3. The number of aliphatic hydroxyl groups excluding tert-OH is 2. The monoisotopic (exact) mass is 892 g/mol. The fraction of sp³-hybridized carbons (Fsp3) is 0.783. The molecule has 0 aromatic heterocycles. The second-order valence-corrected chi connectivity index (χ2v) is 19.0. The Morgan fingerprint density at radius 3 is 1.05 bits per heavy atom. The van der Waals surface area contributed by atoms with Crippen LogP contribution in [0.5, 0.6) is 0 Å². The summed E-state index contributed by atoms with van der Waals surface area (Å²) < 4.78 is 0. The van der Waals surface area contributed by atoms with Crippen molar-refractivity contribution < 1.29 is 15.0 Å². The summed E-state index contributed by atoms with van der Waals surface area (Å²) in [4.78, 5) is 12.4. The number of carbonyl (C=O) groups is 1. The fourth-order valence-electron chi connectivity index (χ4n) is 8.34. The van der Waals surface area contributed by atoms with E-state index in [-0.39, 0.29) is 12.5 Å². The molecule has 0 bridgehead atoms. The summed E-state index contributed by atoms with van der Waals surface area (Å²) in [5.74, 6) is -0.0909. The third-order valence-electron chi connectivity index (χ3n) is 12.6. The molecule has 2 unspecified atom stereocenters. The Morgan fingerprint density at radius 2 is 0.656 bits per heavy atom. The van der Waals surface area contributed by atoms with Gasteiger partial charge in [-0.25, -0.2) is 0 Å². The van der Waals surface area contributed by atoms with Gasteiger partial charge in [0.1, 0.15) is 0 Å². The maximum absolute atomic E-state index is 12.4. The number of carbonyl (C=O) groups excluding carboxylic acids is 1. The molecule has 0 saturated heterocycles. The van der Waals surface area contributed by atoms with Crippen molar-refractivity contribution in [2.45, 2.75) is 296 Å². The highest BCUT2D eigenvalue weighted by molar-refractivity contribution is 5.76. The smallest absolute Gasteiger partial charge is 0.220 e. The quantitative estimate of drug-likeness (QED) is 0.0421. The van der Waals surface area contributed by atoms with Crippen LogP contribution in [0, 0.1) is 0 Å². The number of aliphatic hydroxyl groups is 2. The summed E-state index contributed by atoms with van der Waals surface area (Å²) >= 11 is 0. The molecule has 0 heterocycles. The molecule has 0 radical (unpaired) electrons. The molecule has 0 spiro atoms. The Labute approximate surface area is 399 Å². The van der Waals surface area contributed by atoms with Gasteiger partial charge in [-0.1, -0.05) is 267 Å². The minimum Gasteiger partial charge on any atom is -0.394 e. The minimum atomic E-state index is -0.881. The Morgan fingerprint density at radius 1 is 0.375 bits per heavy atom. The van der Waals surface area contributed by atoms with Crippen molar-refractivity contribution in [1.82, 2.24) is 5.32 Å². The van der Waals surface area contributed by atoms with E-state index in [1.165, 1.54) is 199 Å². The molecule has 4 heteroatoms. The normalized spacial score (nSPS) is 13.4. The van der Waals surface area contributed by atoms with E-state index in [0.29, 0.717) is 6.42 Å². The van der Waals surface area contributed by atoms with Crippen LogP contribution in [-0.4, -0.2) is 34.9 Å². The zero-order chi connectivity index (χ0) is 46.3. The van der Waals surface area contributed by atoms with Crippen molar-refractivity contribution in [2.75, 3.05) is 6.61 Å². The van der Waals surface area contributed by atoms with E-state index >= 15 is 0 Å². The van der Waals surface area contributed by atoms with E-state index < -0.39 is 12.1 Å². The van der Waals surface area contributed by atoms with Gasteiger partial charge in [-0.15, -0.1) is 0 Å². The van der Waals surface area contributed by atoms with Crippen LogP contribution in [0.4, 0.5) is 0 Å². The highest BCUT2D eigenvalue weighted by atomic mass is 16.3. The molecule has 0 aromatic carbocycles. The lowest BCUT2D eigenvalue weighted by molar-refractivity contribution is -0.123. The van der Waals surface area contributed by atoms with E-state index in [1.54, 1.807) is 6.08 Å². The Hall–Kier alpha value is -2.17. The lowest BCUT2D eigenvalue weighted by Gasteiger charge is -2.19. The molecular weight excluding hydrogens is 783 g/mol. The highest BCUT2D eigenvalue weighted by Gasteiger charge is 2.17. The molecule has 3 N–H and O–H groups in total. The zero-order valence-electron chi connectivity index (χ0n) is 42.8. The van der Waals surface area contributed by atoms with Gasteiger partial charge in [-0.2, -0.15) is 0 Å². The number of hydrogen-bond acceptors (Lipinski definition) is 3. The molecule has 0 aliphatic carbocycles. The Bertz CT molecular complexity index is 1100. The first-order valence-corrected chi connectivity index (χ1v) is 28.2. The van der Waals surface area contributed by atoms with E-state index in [0.717, 1.165) is 64.2 Å². The average Bonchev–Trinajstić information content (AvgIpc) is 3.30. The van der Waals surface area contributed by atoms with Crippen molar-refractivity contribution in [3.63, 3.8) is 0 Å². The first kappa shape index (κ1) is 61.8. The molecule has 0 aromatic rings. The van der Waals surface area contributed by atoms with E-state index in [1.807, 2.05) is 6.08 Å². The van der Waals surface area contributed by atoms with Crippen molar-refractivity contribution in [2.24, 2.45) is 0 Å². The molecule has 0 aliphatic rings. The predicted octanol–water partition coefficient (Wildman–Crippen LogP) is 18.6. The Balaban J connectivity index is 3.57. The molecule has 372 valence electrons. The van der Waals surface area contributed by atoms with E-state index in [4.69, 9.17) is 0 Å². The van der Waals surface area contributed by atoms with Crippen LogP contribution in [0.1, 0.15) is 284 Å². The lowest BCUT2D eigenvalue weighted by Crippen LogP contribution is -2.45. The number of rotatable bonds is 51. The summed E-state index contributed by atoms with van der Waals surface area (Å²) in [5.41, 5.74) is 0. The number of unbranched alkanes of at least 4 members (excludes halogenated alkanes) is 34. The third-order valence-corrected chi connectivity index (χ3v) is 12.6. The largest absolute Gasteiger partial charge is 0.394 e. The van der Waals surface area contributed by atoms with Gasteiger partial charge in [0.15, 0.2) is 0 Å². The van der Waals surface area contributed by atoms with Gasteiger partial charge in [-0.3, -0.25) is 4.79 Å². The maximum Gasteiger partial charge on any atom is 0.220 e. The van der Waals surface area contributed by atoms with Crippen molar-refractivity contribution in [3.05, 3.63) is 72.9 Å². The zero-order valence-corrected chi connectivity index (χ0v) is 42.8. The van der Waals surface area contributed by atoms with Gasteiger partial charge in [0.05, 0.1) is 18.8 Å². The average molecular weight is 893 g/mol. The molecule has 0 aliphatic heterocycles. The number of amides is 1. The maximum atomic E-state index is 12.4. The summed E-state index contributed by atoms with van der Waals surface area (Å²) in [6.07, 6.45) is 79.3. The van der Waals surface area contributed by atoms with Crippen LogP contribution in [0.2, 0.25) is 0 Å². The minimum absolute atomic E-state index is 0.0909. The standard InChI is InChI=1S/C60H109NO3/c1-3-5-7-9-11-13-15-17-19-21-23-24-25-26-27-28-29-30-31-32-33-34-35-36-38-39-41-43-45-47-49-51-53-55-59(63)58(57-62)61-60(64)56-54-52-50-48-46-44-42-40-37-22-20-18-16-14-12-10-8-6-4-2/h12,14,18,20,37-40,45,47,53,55,58-59,62-63H,3-11,13,15-17,19,21-36,41-44,46,48-52,54,56-57H2,1-2H3,(H,61,64)/b14-12-,20-18-,39-38+,40-37-,47-45+,55-53+. The van der Waals surface area contributed by atoms with Crippen molar-refractivity contribution >= 4 is 5.91 Å². The van der Waals surface area contributed by atoms with Gasteiger partial charge in [-0.05, 0) is 83.5 Å². The van der Waals surface area contributed by atoms with Gasteiger partial charge >= 0.3 is 0 Å². The summed E-state index contributed by atoms with van der Waals surface area (Å²) in [5, 5.41) is 23.1. The summed E-state index contributed by atoms with van der Waals surface area (Å²) in [7, 11) is 0. The van der Waals surface area contributed by atoms with Gasteiger partial charge in [0, 0.05) is 6.42 Å². The lowest BCUT2D eigenvalue weighted by atomic mass is 10.0. The second kappa shape index (κ2) is 55.2. The number of nitrogens with one attached hydrogen (secondary N) is 1. The summed E-state index contributed by atoms with van der Waals surface area (Å²) in [6.45, 7) is 4.28. The SMILES string of the molecule is CCCCC/C=C\C/C=C\C/C=C\CCCCCCCCC(=O)NC(CO)C(O)/C=C/CC/C=C/CC/C=C/CCCCCCCCCCCCCCCCCCCCCCCCC. The van der Waals surface area contributed by atoms with Crippen LogP contribution in [-0.2, 0) is 4.79 Å². The van der Waals surface area contributed by atoms with E-state index in [2.05, 4.69) is 79.9 Å². The van der Waals surface area contributed by atoms with Gasteiger partial charge in [0.2, 0.25) is 5.91 Å². The van der Waals surface area contributed by atoms with Gasteiger partial charge < -0.3 is 15.5 Å². The summed E-state index contributed by atoms with van der Waals surface area (Å²) in [6, 6.07) is -0.657. The third kappa shape index (κ3) is 50.8. The highest BCUT2D eigenvalue weighted by Crippen LogP contribution is 2.16. The number of allylic oxidation sites excluding steroid dienone is 11. The second-order valence-electron chi connectivity index (χ2n) is 19.0. The molecule has 1 amide bonds. The van der Waals surface area contributed by atoms with Crippen molar-refractivity contribution in [3.8, 4) is 0 Å². The fourth-order valence-corrected chi connectivity index (χ4v) is 8.34. The van der Waals surface area contributed by atoms with Crippen LogP contribution < -0.4 is 5.32 Å². The molecule has 4 nitrogen and oxygen atoms in total. The van der Waals surface area contributed by atoms with Crippen LogP contribution in [0.3, 0.4) is 0 Å². The van der Waals surface area contributed by atoms with Crippen LogP contribution in [0.15, 0.2) is 72.9 Å². The predicted molar refractivity (Wildman–Crippen MR) is 285 cm³/mol. The molecule has 0 fully saturated rings. The molecule has 2 atom stereocenters. The molecule has 0 saturated carbocycles. The first-order chi connectivity index (χ1) is 31.7. The van der Waals surface area contributed by atoms with E-state index in [9.17, 15) is 15.0 Å². The topological polar surface area (TPSA) is 69.6 Å². The van der Waals surface area contributed by atoms with Crippen LogP contribution >= 0.6 is 0 Å². The molecule has 0 rings (SSSR count). The van der Waals surface area contributed by atoms with Crippen molar-refractivity contribution in [1.29, 1.82) is 0 Å². The Kier molecular flexibility index (Phi) is 53.3. The first-order valence-electron chi connectivity index (χ1n) is 28.2. The molecular formula is C60H109NO3. The van der Waals surface area contributed by atoms with Gasteiger partial charge in [0.25, 0.3) is 0 Å².